The van der Waals surface area contributed by atoms with Crippen molar-refractivity contribution in [2.45, 2.75) is 180 Å². The Balaban J connectivity index is 1.59. The maximum Gasteiger partial charge on any atom is 0.329 e. The van der Waals surface area contributed by atoms with Gasteiger partial charge >= 0.3 is 5.97 Å². The fourth-order valence-corrected chi connectivity index (χ4v) is 8.98. The summed E-state index contributed by atoms with van der Waals surface area (Å²) < 4.78 is 18.2. The molecule has 1 amide bonds. The number of rotatable bonds is 4. The van der Waals surface area contributed by atoms with Crippen LogP contribution in [-0.2, 0) is 38.2 Å². The second-order valence-electron chi connectivity index (χ2n) is 17.8. The molecular weight excluding hydrogens is 755 g/mol. The number of carbonyl (C=O) groups is 5. The van der Waals surface area contributed by atoms with Gasteiger partial charge in [-0.25, -0.2) is 4.79 Å². The molecule has 0 aromatic rings. The highest BCUT2D eigenvalue weighted by atomic mass is 16.5. The molecule has 3 aliphatic heterocycles. The van der Waals surface area contributed by atoms with Crippen molar-refractivity contribution in [2.75, 3.05) is 13.7 Å². The molecule has 3 N–H and O–H groups in total. The third-order valence-electron chi connectivity index (χ3n) is 12.9. The molecule has 0 aromatic carbocycles. The van der Waals surface area contributed by atoms with Crippen LogP contribution in [0.1, 0.15) is 131 Å². The number of Topliss-reactive ketones (excluding diaryl/α,β-unsaturated/α-hetero) is 3. The number of methoxy groups -OCH3 is 1. The molecule has 12 heteroatoms. The molecule has 0 radical (unpaired) electrons. The molecule has 59 heavy (non-hydrogen) atoms. The van der Waals surface area contributed by atoms with E-state index in [-0.39, 0.29) is 60.9 Å². The molecule has 3 heterocycles. The number of amides is 1. The number of cyclic esters (lactones) is 1. The second kappa shape index (κ2) is 23.6. The van der Waals surface area contributed by atoms with Gasteiger partial charge in [-0.15, -0.1) is 0 Å². The zero-order valence-corrected chi connectivity index (χ0v) is 36.3. The summed E-state index contributed by atoms with van der Waals surface area (Å²) >= 11 is 0. The topological polar surface area (TPSA) is 177 Å². The van der Waals surface area contributed by atoms with E-state index in [0.717, 1.165) is 5.57 Å². The Labute approximate surface area is 351 Å². The van der Waals surface area contributed by atoms with Gasteiger partial charge in [-0.1, -0.05) is 57.2 Å². The Bertz CT molecular complexity index is 1570. The standard InChI is InChI=1S/C47H71NO11/c1-29-13-8-7-9-14-30(2)44(57-6)27-35-15-12-17-43(58-35)45(54)46(55)48-22-11-10-16-37(48)47(56)59-36(20-18-34-19-21-38(49)42(53)25-34)26-39(50)32(4)24-33(5)41(52)28-40(51)31(3)23-29/h7-9,13-14,24,29,31-32,34-38,41-44,49,52-53H,10-12,15-23,25-28H2,1-6H3/b9-7+,13-8+,30-14+,33-24+/t29-,31-,32-,34-,35?,36-,37+,38-,41+,42-,43?,44+/m1/s1. The normalized spacial score (nSPS) is 38.9. The van der Waals surface area contributed by atoms with Crippen LogP contribution < -0.4 is 0 Å². The van der Waals surface area contributed by atoms with Crippen LogP contribution in [0.3, 0.4) is 0 Å². The summed E-state index contributed by atoms with van der Waals surface area (Å²) in [5.74, 6) is -3.15. The Kier molecular flexibility index (Phi) is 19.4. The van der Waals surface area contributed by atoms with Gasteiger partial charge in [-0.2, -0.15) is 0 Å². The van der Waals surface area contributed by atoms with Crippen molar-refractivity contribution in [1.82, 2.24) is 4.90 Å². The van der Waals surface area contributed by atoms with Gasteiger partial charge in [0, 0.05) is 44.8 Å². The summed E-state index contributed by atoms with van der Waals surface area (Å²) in [7, 11) is 1.63. The van der Waals surface area contributed by atoms with E-state index in [1.807, 2.05) is 51.2 Å². The van der Waals surface area contributed by atoms with Crippen LogP contribution in [0.4, 0.5) is 0 Å². The zero-order valence-electron chi connectivity index (χ0n) is 36.3. The largest absolute Gasteiger partial charge is 0.460 e. The smallest absolute Gasteiger partial charge is 0.329 e. The van der Waals surface area contributed by atoms with Crippen molar-refractivity contribution < 1.29 is 53.5 Å². The fourth-order valence-electron chi connectivity index (χ4n) is 8.98. The van der Waals surface area contributed by atoms with Crippen LogP contribution >= 0.6 is 0 Å². The predicted molar refractivity (Wildman–Crippen MR) is 224 cm³/mol. The number of allylic oxidation sites excluding steroid dienone is 6. The van der Waals surface area contributed by atoms with E-state index in [4.69, 9.17) is 14.2 Å². The van der Waals surface area contributed by atoms with E-state index in [1.165, 1.54) is 4.90 Å². The number of hydrogen-bond donors (Lipinski definition) is 3. The van der Waals surface area contributed by atoms with Gasteiger partial charge in [-0.05, 0) is 114 Å². The molecule has 0 spiro atoms. The molecule has 4 rings (SSSR count). The van der Waals surface area contributed by atoms with Gasteiger partial charge in [0.1, 0.15) is 29.8 Å². The van der Waals surface area contributed by atoms with Crippen molar-refractivity contribution >= 4 is 29.2 Å². The number of aliphatic hydroxyl groups is 3. The van der Waals surface area contributed by atoms with Crippen LogP contribution in [0.25, 0.3) is 0 Å². The minimum Gasteiger partial charge on any atom is -0.460 e. The first-order valence-electron chi connectivity index (χ1n) is 22.1. The summed E-state index contributed by atoms with van der Waals surface area (Å²) in [6.07, 6.45) is 13.2. The van der Waals surface area contributed by atoms with E-state index in [2.05, 4.69) is 0 Å². The molecule has 1 saturated carbocycles. The molecule has 1 aliphatic carbocycles. The number of nitrogens with zero attached hydrogens (tertiary/aromatic N) is 1. The van der Waals surface area contributed by atoms with Gasteiger partial charge in [0.15, 0.2) is 0 Å². The van der Waals surface area contributed by atoms with Crippen LogP contribution in [0.5, 0.6) is 0 Å². The van der Waals surface area contributed by atoms with Crippen LogP contribution in [0, 0.1) is 23.7 Å². The summed E-state index contributed by atoms with van der Waals surface area (Å²) in [5, 5.41) is 31.4. The minimum absolute atomic E-state index is 0.0612. The molecule has 0 aromatic heterocycles. The highest BCUT2D eigenvalue weighted by molar-refractivity contribution is 6.38. The van der Waals surface area contributed by atoms with E-state index in [1.54, 1.807) is 27.0 Å². The van der Waals surface area contributed by atoms with Gasteiger partial charge in [0.05, 0.1) is 30.5 Å². The van der Waals surface area contributed by atoms with Crippen molar-refractivity contribution in [3.05, 3.63) is 47.6 Å². The predicted octanol–water partition coefficient (Wildman–Crippen LogP) is 6.09. The molecule has 12 atom stereocenters. The van der Waals surface area contributed by atoms with Crippen molar-refractivity contribution in [1.29, 1.82) is 0 Å². The lowest BCUT2D eigenvalue weighted by Crippen LogP contribution is -2.54. The van der Waals surface area contributed by atoms with Crippen LogP contribution in [-0.4, -0.2) is 112 Å². The number of carbonyl (C=O) groups excluding carboxylic acids is 5. The van der Waals surface area contributed by atoms with Crippen molar-refractivity contribution in [2.24, 2.45) is 23.7 Å². The average Bonchev–Trinajstić information content (AvgIpc) is 3.21. The summed E-state index contributed by atoms with van der Waals surface area (Å²) in [5.41, 5.74) is 1.48. The lowest BCUT2D eigenvalue weighted by Gasteiger charge is -2.36. The first-order valence-corrected chi connectivity index (χ1v) is 22.1. The monoisotopic (exact) mass is 826 g/mol. The molecule has 4 aliphatic rings. The zero-order chi connectivity index (χ0) is 43.2. The number of esters is 1. The minimum atomic E-state index is -1.06. The van der Waals surface area contributed by atoms with Gasteiger partial charge in [-0.3, -0.25) is 19.2 Å². The Morgan fingerprint density at radius 1 is 0.780 bits per heavy atom. The first kappa shape index (κ1) is 48.4. The van der Waals surface area contributed by atoms with Gasteiger partial charge < -0.3 is 34.4 Å². The number of fused-ring (bicyclic) bond motifs is 3. The number of aliphatic hydroxyl groups excluding tert-OH is 3. The van der Waals surface area contributed by atoms with Crippen LogP contribution in [0.2, 0.25) is 0 Å². The van der Waals surface area contributed by atoms with E-state index in [0.29, 0.717) is 89.0 Å². The molecule has 2 unspecified atom stereocenters. The summed E-state index contributed by atoms with van der Waals surface area (Å²) in [6, 6.07) is -0.994. The Morgan fingerprint density at radius 3 is 2.27 bits per heavy atom. The number of piperidine rings is 1. The van der Waals surface area contributed by atoms with Crippen molar-refractivity contribution in [3.63, 3.8) is 0 Å². The SMILES string of the molecule is CO[C@H]1CC2CCCC(O2)C(=O)C(=O)N2CCCC[C@H]2C(=O)O[C@H](CC[C@@H]2CC[C@@H](O)[C@H](O)C2)CC(=O)[C@H](C)/C=C(\C)[C@@H](O)CC(=O)[C@H](C)C[C@H](C)/C=C/C=C/C=C/1C. The third kappa shape index (κ3) is 14.7. The molecule has 3 fully saturated rings. The highest BCUT2D eigenvalue weighted by Crippen LogP contribution is 2.31. The van der Waals surface area contributed by atoms with Crippen LogP contribution in [0.15, 0.2) is 47.6 Å². The molecule has 2 bridgehead atoms. The fraction of sp³-hybridized carbons (Fsp3) is 0.723. The quantitative estimate of drug-likeness (QED) is 0.170. The third-order valence-corrected chi connectivity index (χ3v) is 12.9. The van der Waals surface area contributed by atoms with Crippen molar-refractivity contribution in [3.8, 4) is 0 Å². The second-order valence-corrected chi connectivity index (χ2v) is 17.8. The molecule has 2 saturated heterocycles. The van der Waals surface area contributed by atoms with Gasteiger partial charge in [0.25, 0.3) is 5.91 Å². The van der Waals surface area contributed by atoms with E-state index >= 15 is 0 Å². The Hall–Kier alpha value is -3.29. The lowest BCUT2D eigenvalue weighted by molar-refractivity contribution is -0.167. The summed E-state index contributed by atoms with van der Waals surface area (Å²) in [4.78, 5) is 69.9. The average molecular weight is 826 g/mol. The highest BCUT2D eigenvalue weighted by Gasteiger charge is 2.41. The molecule has 12 nitrogen and oxygen atoms in total. The van der Waals surface area contributed by atoms with E-state index in [9.17, 15) is 39.3 Å². The number of hydrogen-bond acceptors (Lipinski definition) is 11. The van der Waals surface area contributed by atoms with E-state index < -0.39 is 60.1 Å². The van der Waals surface area contributed by atoms with Gasteiger partial charge in [0.2, 0.25) is 5.78 Å². The molecular formula is C47H71NO11. The maximum atomic E-state index is 14.0. The maximum absolute atomic E-state index is 14.0. The Morgan fingerprint density at radius 2 is 1.54 bits per heavy atom. The lowest BCUT2D eigenvalue weighted by atomic mass is 9.82. The summed E-state index contributed by atoms with van der Waals surface area (Å²) in [6.45, 7) is 9.51. The number of ether oxygens (including phenoxy) is 3. The molecule has 330 valence electrons. The first-order chi connectivity index (χ1) is 28.1. The number of ketones is 3.